The maximum Gasteiger partial charge on any atom is 0.328 e. The zero-order valence-electron chi connectivity index (χ0n) is 20.1. The van der Waals surface area contributed by atoms with E-state index in [1.165, 1.54) is 6.92 Å². The largest absolute Gasteiger partial charge is 0.481 e. The smallest absolute Gasteiger partial charge is 0.328 e. The van der Waals surface area contributed by atoms with Crippen LogP contribution in [0.4, 0.5) is 0 Å². The third-order valence-electron chi connectivity index (χ3n) is 5.27. The minimum atomic E-state index is -1.63. The molecular formula is C23H35N5O8. The molecule has 0 aliphatic carbocycles. The maximum absolute atomic E-state index is 12.9. The number of hydrogen-bond donors (Lipinski definition) is 8. The molecule has 0 radical (unpaired) electrons. The van der Waals surface area contributed by atoms with Gasteiger partial charge in [-0.2, -0.15) is 0 Å². The van der Waals surface area contributed by atoms with Gasteiger partial charge in [0.05, 0.1) is 18.6 Å². The number of carbonyl (C=O) groups excluding carboxylic acids is 3. The fourth-order valence-electron chi connectivity index (χ4n) is 3.30. The number of nitrogens with one attached hydrogen (secondary N) is 3. The topological polar surface area (TPSA) is 234 Å². The summed E-state index contributed by atoms with van der Waals surface area (Å²) in [6.45, 7) is 1.49. The molecule has 1 rings (SSSR count). The normalized spacial score (nSPS) is 15.0. The van der Waals surface area contributed by atoms with Crippen LogP contribution < -0.4 is 27.4 Å². The van der Waals surface area contributed by atoms with Crippen LogP contribution in [0.25, 0.3) is 0 Å². The Labute approximate surface area is 208 Å². The van der Waals surface area contributed by atoms with E-state index >= 15 is 0 Å². The minimum absolute atomic E-state index is 0.0577. The van der Waals surface area contributed by atoms with Crippen molar-refractivity contribution in [2.75, 3.05) is 6.54 Å². The lowest BCUT2D eigenvalue weighted by Gasteiger charge is -2.25. The van der Waals surface area contributed by atoms with Crippen molar-refractivity contribution in [2.24, 2.45) is 11.5 Å². The number of aliphatic carboxylic acids is 2. The predicted molar refractivity (Wildman–Crippen MR) is 128 cm³/mol. The first-order valence-corrected chi connectivity index (χ1v) is 11.5. The second-order valence-corrected chi connectivity index (χ2v) is 8.37. The van der Waals surface area contributed by atoms with E-state index in [2.05, 4.69) is 16.0 Å². The van der Waals surface area contributed by atoms with Crippen molar-refractivity contribution < 1.29 is 39.3 Å². The number of carboxylic acids is 2. The molecule has 0 spiro atoms. The van der Waals surface area contributed by atoms with Gasteiger partial charge in [-0.25, -0.2) is 4.79 Å². The van der Waals surface area contributed by atoms with Gasteiger partial charge in [0.25, 0.3) is 0 Å². The first-order valence-electron chi connectivity index (χ1n) is 11.5. The Bertz CT molecular complexity index is 896. The summed E-state index contributed by atoms with van der Waals surface area (Å²) in [5.41, 5.74) is 12.2. The molecule has 1 aromatic rings. The van der Waals surface area contributed by atoms with E-state index in [1.54, 1.807) is 30.3 Å². The molecule has 36 heavy (non-hydrogen) atoms. The molecule has 0 saturated heterocycles. The number of benzene rings is 1. The van der Waals surface area contributed by atoms with Crippen LogP contribution in [-0.2, 0) is 30.4 Å². The Morgan fingerprint density at radius 1 is 0.889 bits per heavy atom. The highest BCUT2D eigenvalue weighted by molar-refractivity contribution is 5.95. The van der Waals surface area contributed by atoms with E-state index in [1.807, 2.05) is 0 Å². The third kappa shape index (κ3) is 10.8. The lowest BCUT2D eigenvalue weighted by molar-refractivity contribution is -0.145. The molecular weight excluding hydrogens is 474 g/mol. The van der Waals surface area contributed by atoms with Gasteiger partial charge in [-0.15, -0.1) is 0 Å². The SMILES string of the molecule is CC(O)C(NC(=O)C(CCCCN)NC(=O)C(CC(=O)O)NC(=O)C(N)Cc1ccccc1)C(=O)O. The summed E-state index contributed by atoms with van der Waals surface area (Å²) in [6.07, 6.45) is -1.10. The summed E-state index contributed by atoms with van der Waals surface area (Å²) in [5, 5.41) is 34.9. The molecule has 0 heterocycles. The molecule has 13 heteroatoms. The zero-order chi connectivity index (χ0) is 27.3. The molecule has 200 valence electrons. The Hall–Kier alpha value is -3.55. The summed E-state index contributed by atoms with van der Waals surface area (Å²) < 4.78 is 0. The highest BCUT2D eigenvalue weighted by Gasteiger charge is 2.32. The van der Waals surface area contributed by atoms with Crippen molar-refractivity contribution in [3.63, 3.8) is 0 Å². The lowest BCUT2D eigenvalue weighted by atomic mass is 10.0. The molecule has 0 bridgehead atoms. The number of carbonyl (C=O) groups is 5. The van der Waals surface area contributed by atoms with Crippen LogP contribution in [0.5, 0.6) is 0 Å². The zero-order valence-corrected chi connectivity index (χ0v) is 20.1. The highest BCUT2D eigenvalue weighted by atomic mass is 16.4. The molecule has 13 nitrogen and oxygen atoms in total. The molecule has 5 unspecified atom stereocenters. The van der Waals surface area contributed by atoms with Gasteiger partial charge in [0.2, 0.25) is 17.7 Å². The Balaban J connectivity index is 2.97. The molecule has 5 atom stereocenters. The number of amides is 3. The van der Waals surface area contributed by atoms with E-state index in [0.717, 1.165) is 5.56 Å². The summed E-state index contributed by atoms with van der Waals surface area (Å²) in [4.78, 5) is 60.8. The second kappa shape index (κ2) is 15.4. The van der Waals surface area contributed by atoms with Gasteiger partial charge in [0.1, 0.15) is 12.1 Å². The molecule has 1 aromatic carbocycles. The summed E-state index contributed by atoms with van der Waals surface area (Å²) in [7, 11) is 0. The van der Waals surface area contributed by atoms with Crippen molar-refractivity contribution >= 4 is 29.7 Å². The van der Waals surface area contributed by atoms with Gasteiger partial charge >= 0.3 is 11.9 Å². The highest BCUT2D eigenvalue weighted by Crippen LogP contribution is 2.06. The Kier molecular flexibility index (Phi) is 13.1. The van der Waals surface area contributed by atoms with E-state index in [0.29, 0.717) is 19.4 Å². The first kappa shape index (κ1) is 30.5. The van der Waals surface area contributed by atoms with E-state index in [-0.39, 0.29) is 12.8 Å². The molecule has 0 fully saturated rings. The van der Waals surface area contributed by atoms with Gasteiger partial charge in [-0.05, 0) is 44.7 Å². The quantitative estimate of drug-likeness (QED) is 0.115. The van der Waals surface area contributed by atoms with Crippen LogP contribution in [0.2, 0.25) is 0 Å². The van der Waals surface area contributed by atoms with Crippen LogP contribution in [0.15, 0.2) is 30.3 Å². The van der Waals surface area contributed by atoms with Crippen LogP contribution in [-0.4, -0.2) is 81.8 Å². The van der Waals surface area contributed by atoms with Crippen molar-refractivity contribution in [3.8, 4) is 0 Å². The molecule has 0 aliphatic heterocycles. The van der Waals surface area contributed by atoms with Gasteiger partial charge in [-0.1, -0.05) is 30.3 Å². The van der Waals surface area contributed by atoms with E-state index < -0.39 is 66.4 Å². The average Bonchev–Trinajstić information content (AvgIpc) is 2.81. The van der Waals surface area contributed by atoms with E-state index in [4.69, 9.17) is 11.5 Å². The Morgan fingerprint density at radius 2 is 1.47 bits per heavy atom. The average molecular weight is 510 g/mol. The van der Waals surface area contributed by atoms with Gasteiger partial charge < -0.3 is 42.7 Å². The number of carboxylic acid groups (broad SMARTS) is 2. The number of rotatable bonds is 16. The van der Waals surface area contributed by atoms with Gasteiger partial charge in [0, 0.05) is 0 Å². The minimum Gasteiger partial charge on any atom is -0.481 e. The Morgan fingerprint density at radius 3 is 2.00 bits per heavy atom. The fourth-order valence-corrected chi connectivity index (χ4v) is 3.30. The van der Waals surface area contributed by atoms with Gasteiger partial charge in [-0.3, -0.25) is 19.2 Å². The van der Waals surface area contributed by atoms with Crippen molar-refractivity contribution in [3.05, 3.63) is 35.9 Å². The number of unbranched alkanes of at least 4 members (excludes halogenated alkanes) is 1. The summed E-state index contributed by atoms with van der Waals surface area (Å²) in [5.74, 6) is -5.47. The second-order valence-electron chi connectivity index (χ2n) is 8.37. The van der Waals surface area contributed by atoms with E-state index in [9.17, 15) is 39.3 Å². The van der Waals surface area contributed by atoms with Crippen molar-refractivity contribution in [1.82, 2.24) is 16.0 Å². The molecule has 0 aromatic heterocycles. The molecule has 0 saturated carbocycles. The van der Waals surface area contributed by atoms with Crippen LogP contribution in [0.1, 0.15) is 38.2 Å². The standard InChI is InChI=1S/C23H35N5O8/c1-13(29)19(23(35)36)28-21(33)16(9-5-6-10-24)26-22(34)17(12-18(30)31)27-20(32)15(25)11-14-7-3-2-4-8-14/h2-4,7-8,13,15-17,19,29H,5-6,9-12,24-25H2,1H3,(H,26,34)(H,27,32)(H,28,33)(H,30,31)(H,35,36). The predicted octanol–water partition coefficient (Wildman–Crippen LogP) is -1.92. The van der Waals surface area contributed by atoms with Crippen molar-refractivity contribution in [1.29, 1.82) is 0 Å². The third-order valence-corrected chi connectivity index (χ3v) is 5.27. The number of nitrogens with two attached hydrogens (primary N) is 2. The first-order chi connectivity index (χ1) is 17.0. The lowest BCUT2D eigenvalue weighted by Crippen LogP contribution is -2.58. The number of hydrogen-bond acceptors (Lipinski definition) is 8. The maximum atomic E-state index is 12.9. The van der Waals surface area contributed by atoms with Crippen molar-refractivity contribution in [2.45, 2.75) is 69.3 Å². The van der Waals surface area contributed by atoms with Crippen LogP contribution >= 0.6 is 0 Å². The summed E-state index contributed by atoms with van der Waals surface area (Å²) in [6, 6.07) is 3.34. The molecule has 10 N–H and O–H groups in total. The van der Waals surface area contributed by atoms with Crippen LogP contribution in [0.3, 0.4) is 0 Å². The number of aliphatic hydroxyl groups is 1. The van der Waals surface area contributed by atoms with Gasteiger partial charge in [0.15, 0.2) is 6.04 Å². The molecule has 3 amide bonds. The summed E-state index contributed by atoms with van der Waals surface area (Å²) >= 11 is 0. The molecule has 0 aliphatic rings. The fraction of sp³-hybridized carbons (Fsp3) is 0.522. The van der Waals surface area contributed by atoms with Crippen LogP contribution in [0, 0.1) is 0 Å². The number of aliphatic hydroxyl groups excluding tert-OH is 1. The monoisotopic (exact) mass is 509 g/mol.